The van der Waals surface area contributed by atoms with E-state index in [4.69, 9.17) is 0 Å². The zero-order valence-electron chi connectivity index (χ0n) is 24.1. The Balaban J connectivity index is 1.14. The molecule has 214 valence electrons. The number of fused-ring (bicyclic) bond motifs is 1. The maximum Gasteiger partial charge on any atom is 0.251 e. The number of pyridine rings is 1. The standard InChI is InChI=1S/C35H37N5O2/c1-22-14-29(25-3-4-25)30(28-10-12-37-33(22)28)21-40-13-11-35(15-24(16-35)18-36)17-31(40)26-5-7-27(8-6-26)34(42)39-20-23-2-9-32(41)38-19-23/h2,5-10,12,14,19,24-25,31,37H,3-4,11,13,15-17,20-21H2,1H3,(H,38,41)(H,39,42)/t24?,31-,35?/m0/s1. The van der Waals surface area contributed by atoms with Crippen LogP contribution < -0.4 is 10.9 Å². The summed E-state index contributed by atoms with van der Waals surface area (Å²) in [5.41, 5.74) is 8.32. The third-order valence-electron chi connectivity index (χ3n) is 9.96. The maximum absolute atomic E-state index is 12.9. The fourth-order valence-electron chi connectivity index (χ4n) is 7.47. The first-order valence-corrected chi connectivity index (χ1v) is 15.2. The predicted octanol–water partition coefficient (Wildman–Crippen LogP) is 6.23. The largest absolute Gasteiger partial charge is 0.361 e. The minimum atomic E-state index is -0.159. The number of amides is 1. The van der Waals surface area contributed by atoms with Crippen LogP contribution in [0.4, 0.5) is 0 Å². The fourth-order valence-corrected chi connectivity index (χ4v) is 7.47. The molecule has 1 amide bonds. The van der Waals surface area contributed by atoms with Gasteiger partial charge in [0.15, 0.2) is 0 Å². The van der Waals surface area contributed by atoms with Crippen LogP contribution in [0, 0.1) is 29.6 Å². The summed E-state index contributed by atoms with van der Waals surface area (Å²) in [6.07, 6.45) is 10.4. The number of nitrogens with one attached hydrogen (secondary N) is 3. The van der Waals surface area contributed by atoms with E-state index in [0.717, 1.165) is 44.3 Å². The Hall–Kier alpha value is -4.15. The van der Waals surface area contributed by atoms with Gasteiger partial charge >= 0.3 is 0 Å². The van der Waals surface area contributed by atoms with E-state index >= 15 is 0 Å². The number of carbonyl (C=O) groups is 1. The number of hydrogen-bond acceptors (Lipinski definition) is 4. The fraction of sp³-hybridized carbons (Fsp3) is 0.400. The van der Waals surface area contributed by atoms with E-state index in [1.165, 1.54) is 52.1 Å². The van der Waals surface area contributed by atoms with Gasteiger partial charge in [-0.05, 0) is 109 Å². The molecule has 3 aliphatic rings. The molecule has 0 unspecified atom stereocenters. The second-order valence-corrected chi connectivity index (χ2v) is 12.8. The van der Waals surface area contributed by atoms with Gasteiger partial charge < -0.3 is 15.3 Å². The number of carbonyl (C=O) groups excluding carboxylic acids is 1. The SMILES string of the molecule is Cc1cc(C2CC2)c(CN2CCC3(CC(C#N)C3)C[C@H]2c2ccc(C(=O)NCc3ccc(=O)[nH]c3)cc2)c2cc[nH]c12. The Labute approximate surface area is 246 Å². The van der Waals surface area contributed by atoms with Crippen molar-refractivity contribution >= 4 is 16.8 Å². The predicted molar refractivity (Wildman–Crippen MR) is 163 cm³/mol. The number of nitriles is 1. The molecule has 1 atom stereocenters. The quantitative estimate of drug-likeness (QED) is 0.250. The third kappa shape index (κ3) is 5.05. The molecule has 2 saturated carbocycles. The van der Waals surface area contributed by atoms with Crippen molar-refractivity contribution in [3.05, 3.63) is 105 Å². The lowest BCUT2D eigenvalue weighted by atomic mass is 9.56. The van der Waals surface area contributed by atoms with Crippen LogP contribution in [-0.2, 0) is 13.1 Å². The summed E-state index contributed by atoms with van der Waals surface area (Å²) in [5, 5.41) is 13.8. The number of hydrogen-bond donors (Lipinski definition) is 3. The molecule has 0 bridgehead atoms. The Morgan fingerprint density at radius 3 is 2.62 bits per heavy atom. The molecular weight excluding hydrogens is 522 g/mol. The molecule has 42 heavy (non-hydrogen) atoms. The summed E-state index contributed by atoms with van der Waals surface area (Å²) < 4.78 is 0. The number of aromatic amines is 2. The summed E-state index contributed by atoms with van der Waals surface area (Å²) in [6, 6.07) is 18.7. The van der Waals surface area contributed by atoms with Crippen LogP contribution in [0.5, 0.6) is 0 Å². The topological polar surface area (TPSA) is 105 Å². The Bertz CT molecular complexity index is 1710. The molecule has 1 aliphatic heterocycles. The molecule has 1 spiro atoms. The van der Waals surface area contributed by atoms with E-state index in [2.05, 4.69) is 63.6 Å². The highest BCUT2D eigenvalue weighted by Crippen LogP contribution is 2.57. The zero-order valence-corrected chi connectivity index (χ0v) is 24.1. The molecule has 3 N–H and O–H groups in total. The molecule has 7 nitrogen and oxygen atoms in total. The monoisotopic (exact) mass is 559 g/mol. The van der Waals surface area contributed by atoms with Gasteiger partial charge in [0.25, 0.3) is 5.91 Å². The molecule has 2 aromatic carbocycles. The van der Waals surface area contributed by atoms with Gasteiger partial charge in [-0.2, -0.15) is 5.26 Å². The minimum absolute atomic E-state index is 0.135. The highest BCUT2D eigenvalue weighted by Gasteiger charge is 2.49. The van der Waals surface area contributed by atoms with E-state index in [9.17, 15) is 14.9 Å². The molecule has 1 saturated heterocycles. The molecule has 7 rings (SSSR count). The van der Waals surface area contributed by atoms with Crippen molar-refractivity contribution in [2.24, 2.45) is 11.3 Å². The average molecular weight is 560 g/mol. The molecule has 2 aliphatic carbocycles. The van der Waals surface area contributed by atoms with Gasteiger partial charge in [-0.25, -0.2) is 0 Å². The van der Waals surface area contributed by atoms with E-state index in [1.807, 2.05) is 12.1 Å². The van der Waals surface area contributed by atoms with Crippen LogP contribution in [-0.4, -0.2) is 27.3 Å². The molecule has 0 radical (unpaired) electrons. The first-order valence-electron chi connectivity index (χ1n) is 15.2. The number of nitrogens with zero attached hydrogens (tertiary/aromatic N) is 2. The third-order valence-corrected chi connectivity index (χ3v) is 9.96. The van der Waals surface area contributed by atoms with Crippen molar-refractivity contribution in [2.75, 3.05) is 6.54 Å². The van der Waals surface area contributed by atoms with Crippen LogP contribution >= 0.6 is 0 Å². The van der Waals surface area contributed by atoms with Crippen molar-refractivity contribution in [3.8, 4) is 6.07 Å². The normalized spacial score (nSPS) is 23.9. The lowest BCUT2D eigenvalue weighted by Crippen LogP contribution is -2.48. The van der Waals surface area contributed by atoms with Crippen LogP contribution in [0.1, 0.15) is 88.7 Å². The second kappa shape index (κ2) is 10.6. The highest BCUT2D eigenvalue weighted by molar-refractivity contribution is 5.94. The number of H-pyrrole nitrogens is 2. The van der Waals surface area contributed by atoms with Crippen molar-refractivity contribution in [2.45, 2.75) is 70.5 Å². The molecule has 2 aromatic heterocycles. The maximum atomic E-state index is 12.9. The number of aromatic nitrogens is 2. The number of aryl methyl sites for hydroxylation is 1. The van der Waals surface area contributed by atoms with Gasteiger partial charge in [0.05, 0.1) is 6.07 Å². The number of benzene rings is 2. The average Bonchev–Trinajstić information content (AvgIpc) is 3.72. The second-order valence-electron chi connectivity index (χ2n) is 12.8. The number of rotatable bonds is 7. The van der Waals surface area contributed by atoms with Gasteiger partial charge in [-0.15, -0.1) is 0 Å². The van der Waals surface area contributed by atoms with Crippen molar-refractivity contribution in [1.29, 1.82) is 5.26 Å². The van der Waals surface area contributed by atoms with Crippen LogP contribution in [0.3, 0.4) is 0 Å². The number of likely N-dealkylation sites (tertiary alicyclic amines) is 1. The molecule has 4 aromatic rings. The smallest absolute Gasteiger partial charge is 0.251 e. The van der Waals surface area contributed by atoms with Gasteiger partial charge in [0.2, 0.25) is 5.56 Å². The summed E-state index contributed by atoms with van der Waals surface area (Å²) in [4.78, 5) is 33.0. The molecule has 3 heterocycles. The summed E-state index contributed by atoms with van der Waals surface area (Å²) in [5.74, 6) is 0.720. The van der Waals surface area contributed by atoms with Crippen LogP contribution in [0.15, 0.2) is 65.7 Å². The molecular formula is C35H37N5O2. The highest BCUT2D eigenvalue weighted by atomic mass is 16.1. The summed E-state index contributed by atoms with van der Waals surface area (Å²) >= 11 is 0. The van der Waals surface area contributed by atoms with Crippen molar-refractivity contribution in [3.63, 3.8) is 0 Å². The lowest BCUT2D eigenvalue weighted by Gasteiger charge is -2.53. The lowest BCUT2D eigenvalue weighted by molar-refractivity contribution is -0.0297. The zero-order chi connectivity index (χ0) is 28.8. The van der Waals surface area contributed by atoms with E-state index in [-0.39, 0.29) is 28.8 Å². The van der Waals surface area contributed by atoms with Crippen LogP contribution in [0.25, 0.3) is 10.9 Å². The van der Waals surface area contributed by atoms with E-state index in [0.29, 0.717) is 18.0 Å². The van der Waals surface area contributed by atoms with Gasteiger partial charge in [0.1, 0.15) is 0 Å². The van der Waals surface area contributed by atoms with E-state index < -0.39 is 0 Å². The number of piperidine rings is 1. The summed E-state index contributed by atoms with van der Waals surface area (Å²) in [6.45, 7) is 4.48. The first kappa shape index (κ1) is 26.7. The van der Waals surface area contributed by atoms with Gasteiger partial charge in [-0.3, -0.25) is 14.5 Å². The molecule has 3 fully saturated rings. The van der Waals surface area contributed by atoms with Gasteiger partial charge in [-0.1, -0.05) is 24.3 Å². The van der Waals surface area contributed by atoms with E-state index in [1.54, 1.807) is 12.3 Å². The van der Waals surface area contributed by atoms with Crippen LogP contribution in [0.2, 0.25) is 0 Å². The molecule has 7 heteroatoms. The Morgan fingerprint density at radius 2 is 1.90 bits per heavy atom. The van der Waals surface area contributed by atoms with Crippen molar-refractivity contribution < 1.29 is 4.79 Å². The summed E-state index contributed by atoms with van der Waals surface area (Å²) in [7, 11) is 0. The Kier molecular flexibility index (Phi) is 6.74. The minimum Gasteiger partial charge on any atom is -0.361 e. The van der Waals surface area contributed by atoms with Crippen molar-refractivity contribution in [1.82, 2.24) is 20.2 Å². The first-order chi connectivity index (χ1) is 20.4. The van der Waals surface area contributed by atoms with Gasteiger partial charge in [0, 0.05) is 60.0 Å². The Morgan fingerprint density at radius 1 is 1.10 bits per heavy atom.